The lowest BCUT2D eigenvalue weighted by molar-refractivity contribution is -0.173. The summed E-state index contributed by atoms with van der Waals surface area (Å²) in [7, 11) is 3.52. The quantitative estimate of drug-likeness (QED) is 0.279. The number of benzene rings is 1. The molecule has 138 valence electrons. The number of hydrogen-bond acceptors (Lipinski definition) is 2. The largest absolute Gasteiger partial charge is 0.411 e. The Bertz CT molecular complexity index is 515. The maximum Gasteiger partial charge on any atom is 0.411 e. The minimum absolute atomic E-state index is 0. The van der Waals surface area contributed by atoms with Gasteiger partial charge in [0.1, 0.15) is 6.61 Å². The molecule has 1 aromatic carbocycles. The summed E-state index contributed by atoms with van der Waals surface area (Å²) >= 11 is 5.95. The summed E-state index contributed by atoms with van der Waals surface area (Å²) in [6.45, 7) is -0.0763. The highest BCUT2D eigenvalue weighted by Crippen LogP contribution is 2.14. The first-order chi connectivity index (χ1) is 10.8. The highest BCUT2D eigenvalue weighted by Gasteiger charge is 2.27. The van der Waals surface area contributed by atoms with E-state index in [1.807, 2.05) is 30.1 Å². The van der Waals surface area contributed by atoms with Gasteiger partial charge in [-0.2, -0.15) is 13.2 Å². The van der Waals surface area contributed by atoms with Crippen molar-refractivity contribution in [3.63, 3.8) is 0 Å². The molecule has 1 rings (SSSR count). The second kappa shape index (κ2) is 11.8. The van der Waals surface area contributed by atoms with Crippen LogP contribution in [0.2, 0.25) is 5.02 Å². The smallest absolute Gasteiger partial charge is 0.372 e. The van der Waals surface area contributed by atoms with E-state index in [2.05, 4.69) is 15.0 Å². The number of guanidine groups is 1. The zero-order valence-corrected chi connectivity index (χ0v) is 16.7. The van der Waals surface area contributed by atoms with Crippen LogP contribution in [0.3, 0.4) is 0 Å². The van der Waals surface area contributed by atoms with Gasteiger partial charge in [-0.1, -0.05) is 23.7 Å². The lowest BCUT2D eigenvalue weighted by Crippen LogP contribution is -2.39. The average molecular weight is 480 g/mol. The molecule has 0 spiro atoms. The molecule has 0 aliphatic heterocycles. The van der Waals surface area contributed by atoms with Gasteiger partial charge in [-0.15, -0.1) is 24.0 Å². The van der Waals surface area contributed by atoms with E-state index in [-0.39, 0.29) is 30.6 Å². The van der Waals surface area contributed by atoms with Gasteiger partial charge in [0.25, 0.3) is 0 Å². The van der Waals surface area contributed by atoms with E-state index in [0.29, 0.717) is 30.5 Å². The number of aliphatic imine (C=N–C) groups is 1. The molecule has 0 amide bonds. The van der Waals surface area contributed by atoms with Gasteiger partial charge in [0.15, 0.2) is 5.96 Å². The van der Waals surface area contributed by atoms with Crippen molar-refractivity contribution in [2.75, 3.05) is 33.9 Å². The molecule has 0 radical (unpaired) electrons. The second-order valence-corrected chi connectivity index (χ2v) is 5.42. The van der Waals surface area contributed by atoms with Crippen LogP contribution in [-0.4, -0.2) is 50.9 Å². The summed E-state index contributed by atoms with van der Waals surface area (Å²) in [5.74, 6) is 0.654. The van der Waals surface area contributed by atoms with E-state index in [1.54, 1.807) is 13.1 Å². The molecule has 0 aliphatic carbocycles. The summed E-state index contributed by atoms with van der Waals surface area (Å²) in [5, 5.41) is 3.75. The molecule has 1 aromatic rings. The maximum atomic E-state index is 11.9. The zero-order chi connectivity index (χ0) is 17.3. The average Bonchev–Trinajstić information content (AvgIpc) is 2.45. The minimum Gasteiger partial charge on any atom is -0.372 e. The van der Waals surface area contributed by atoms with E-state index >= 15 is 0 Å². The van der Waals surface area contributed by atoms with Gasteiger partial charge >= 0.3 is 6.18 Å². The summed E-state index contributed by atoms with van der Waals surface area (Å²) in [6, 6.07) is 7.51. The standard InChI is InChI=1S/C15H21ClF3N3O.HI/c1-20-14(21-7-4-8-23-11-15(17,18)19)22(2)10-12-5-3-6-13(16)9-12;/h3,5-6,9H,4,7-8,10-11H2,1-2H3,(H,20,21);1H. The molecule has 0 fully saturated rings. The Morgan fingerprint density at radius 3 is 2.67 bits per heavy atom. The van der Waals surface area contributed by atoms with Gasteiger partial charge in [0, 0.05) is 38.8 Å². The van der Waals surface area contributed by atoms with Crippen molar-refractivity contribution in [1.82, 2.24) is 10.2 Å². The molecule has 0 bridgehead atoms. The van der Waals surface area contributed by atoms with Crippen LogP contribution >= 0.6 is 35.6 Å². The van der Waals surface area contributed by atoms with E-state index in [4.69, 9.17) is 11.6 Å². The van der Waals surface area contributed by atoms with Crippen LogP contribution in [0.4, 0.5) is 13.2 Å². The third-order valence-electron chi connectivity index (χ3n) is 2.90. The number of ether oxygens (including phenoxy) is 1. The molecule has 0 aliphatic rings. The number of alkyl halides is 3. The zero-order valence-electron chi connectivity index (χ0n) is 13.6. The third kappa shape index (κ3) is 10.2. The number of hydrogen-bond donors (Lipinski definition) is 1. The monoisotopic (exact) mass is 479 g/mol. The van der Waals surface area contributed by atoms with Crippen molar-refractivity contribution in [3.8, 4) is 0 Å². The van der Waals surface area contributed by atoms with Gasteiger partial charge in [0.2, 0.25) is 0 Å². The van der Waals surface area contributed by atoms with E-state index in [9.17, 15) is 13.2 Å². The van der Waals surface area contributed by atoms with Crippen LogP contribution < -0.4 is 5.32 Å². The Labute approximate surface area is 162 Å². The Kier molecular flexibility index (Phi) is 11.4. The lowest BCUT2D eigenvalue weighted by Gasteiger charge is -2.22. The predicted molar refractivity (Wildman–Crippen MR) is 101 cm³/mol. The summed E-state index contributed by atoms with van der Waals surface area (Å²) in [5.41, 5.74) is 1.04. The summed E-state index contributed by atoms with van der Waals surface area (Å²) in [6.07, 6.45) is -3.82. The molecular weight excluding hydrogens is 458 g/mol. The van der Waals surface area contributed by atoms with Crippen LogP contribution in [0.15, 0.2) is 29.3 Å². The molecule has 0 atom stereocenters. The molecule has 24 heavy (non-hydrogen) atoms. The predicted octanol–water partition coefficient (Wildman–Crippen LogP) is 3.93. The van der Waals surface area contributed by atoms with E-state index in [0.717, 1.165) is 5.56 Å². The van der Waals surface area contributed by atoms with Gasteiger partial charge in [-0.25, -0.2) is 0 Å². The van der Waals surface area contributed by atoms with Gasteiger partial charge in [-0.3, -0.25) is 4.99 Å². The Morgan fingerprint density at radius 2 is 2.08 bits per heavy atom. The number of nitrogens with one attached hydrogen (secondary N) is 1. The fraction of sp³-hybridized carbons (Fsp3) is 0.533. The Hall–Kier alpha value is -0.740. The highest BCUT2D eigenvalue weighted by molar-refractivity contribution is 14.0. The molecule has 1 N–H and O–H groups in total. The normalized spacial score (nSPS) is 11.8. The van der Waals surface area contributed by atoms with Crippen LogP contribution in [0.25, 0.3) is 0 Å². The fourth-order valence-electron chi connectivity index (χ4n) is 1.93. The van der Waals surface area contributed by atoms with Crippen molar-refractivity contribution in [2.45, 2.75) is 19.1 Å². The van der Waals surface area contributed by atoms with Gasteiger partial charge in [0.05, 0.1) is 0 Å². The third-order valence-corrected chi connectivity index (χ3v) is 3.13. The van der Waals surface area contributed by atoms with Crippen molar-refractivity contribution >= 4 is 41.5 Å². The minimum atomic E-state index is -4.28. The topological polar surface area (TPSA) is 36.9 Å². The van der Waals surface area contributed by atoms with Crippen molar-refractivity contribution < 1.29 is 17.9 Å². The SMILES string of the molecule is CN=C(NCCCOCC(F)(F)F)N(C)Cc1cccc(Cl)c1.I. The molecule has 0 saturated carbocycles. The van der Waals surface area contributed by atoms with Crippen LogP contribution in [0.1, 0.15) is 12.0 Å². The second-order valence-electron chi connectivity index (χ2n) is 4.98. The van der Waals surface area contributed by atoms with Gasteiger partial charge in [-0.05, 0) is 24.1 Å². The van der Waals surface area contributed by atoms with Crippen molar-refractivity contribution in [1.29, 1.82) is 0 Å². The molecule has 0 saturated heterocycles. The first-order valence-electron chi connectivity index (χ1n) is 7.12. The molecule has 4 nitrogen and oxygen atoms in total. The lowest BCUT2D eigenvalue weighted by atomic mass is 10.2. The molecule has 0 unspecified atom stereocenters. The highest BCUT2D eigenvalue weighted by atomic mass is 127. The van der Waals surface area contributed by atoms with Crippen molar-refractivity contribution in [2.24, 2.45) is 4.99 Å². The van der Waals surface area contributed by atoms with Crippen molar-refractivity contribution in [3.05, 3.63) is 34.9 Å². The molecular formula is C15H22ClF3IN3O. The first kappa shape index (κ1) is 23.3. The van der Waals surface area contributed by atoms with Crippen LogP contribution in [0.5, 0.6) is 0 Å². The maximum absolute atomic E-state index is 11.9. The van der Waals surface area contributed by atoms with Crippen LogP contribution in [0, 0.1) is 0 Å². The molecule has 0 aromatic heterocycles. The number of rotatable bonds is 7. The first-order valence-corrected chi connectivity index (χ1v) is 7.50. The van der Waals surface area contributed by atoms with Gasteiger partial charge < -0.3 is 15.0 Å². The Morgan fingerprint density at radius 1 is 1.38 bits per heavy atom. The molecule has 9 heteroatoms. The number of halogens is 5. The molecule has 0 heterocycles. The number of nitrogens with zero attached hydrogens (tertiary/aromatic N) is 2. The van der Waals surface area contributed by atoms with Crippen LogP contribution in [-0.2, 0) is 11.3 Å². The van der Waals surface area contributed by atoms with E-state index in [1.165, 1.54) is 0 Å². The fourth-order valence-corrected chi connectivity index (χ4v) is 2.14. The Balaban J connectivity index is 0.00000529. The summed E-state index contributed by atoms with van der Waals surface area (Å²) < 4.78 is 40.3. The summed E-state index contributed by atoms with van der Waals surface area (Å²) in [4.78, 5) is 6.05. The van der Waals surface area contributed by atoms with E-state index < -0.39 is 12.8 Å².